The zero-order chi connectivity index (χ0) is 18.0. The van der Waals surface area contributed by atoms with Crippen molar-refractivity contribution in [3.8, 4) is 5.75 Å². The SMILES string of the molecule is O=C(O)CNCP(=O)(O)O.O=C(O)COc1ccc(Cl)cc1Cl. The minimum Gasteiger partial charge on any atom is -0.480 e. The summed E-state index contributed by atoms with van der Waals surface area (Å²) in [5.74, 6) is -1.88. The number of carbonyl (C=O) groups is 2. The van der Waals surface area contributed by atoms with Crippen molar-refractivity contribution >= 4 is 42.7 Å². The van der Waals surface area contributed by atoms with E-state index in [1.165, 1.54) is 12.1 Å². The maximum absolute atomic E-state index is 10.2. The highest BCUT2D eigenvalue weighted by Gasteiger charge is 2.11. The minimum atomic E-state index is -4.10. The summed E-state index contributed by atoms with van der Waals surface area (Å²) in [6.45, 7) is -0.855. The molecule has 0 saturated carbocycles. The Balaban J connectivity index is 0.000000438. The Hall–Kier alpha value is -1.35. The molecule has 0 heterocycles. The van der Waals surface area contributed by atoms with Crippen LogP contribution in [-0.2, 0) is 14.2 Å². The second-order valence-electron chi connectivity index (χ2n) is 3.90. The van der Waals surface area contributed by atoms with Gasteiger partial charge in [-0.25, -0.2) is 4.79 Å². The van der Waals surface area contributed by atoms with Gasteiger partial charge in [-0.05, 0) is 18.2 Å². The van der Waals surface area contributed by atoms with Crippen molar-refractivity contribution in [3.63, 3.8) is 0 Å². The number of nitrogens with one attached hydrogen (secondary N) is 1. The van der Waals surface area contributed by atoms with Crippen molar-refractivity contribution in [2.75, 3.05) is 19.4 Å². The lowest BCUT2D eigenvalue weighted by Gasteiger charge is -2.04. The van der Waals surface area contributed by atoms with Gasteiger partial charge in [-0.1, -0.05) is 23.2 Å². The van der Waals surface area contributed by atoms with Crippen LogP contribution >= 0.6 is 30.8 Å². The molecule has 0 saturated heterocycles. The van der Waals surface area contributed by atoms with E-state index in [2.05, 4.69) is 5.32 Å². The van der Waals surface area contributed by atoms with Crippen LogP contribution in [0, 0.1) is 0 Å². The van der Waals surface area contributed by atoms with Gasteiger partial charge >= 0.3 is 19.5 Å². The summed E-state index contributed by atoms with van der Waals surface area (Å²) in [5, 5.41) is 19.2. The van der Waals surface area contributed by atoms with Crippen LogP contribution in [0.25, 0.3) is 0 Å². The van der Waals surface area contributed by atoms with Crippen LogP contribution < -0.4 is 10.1 Å². The molecule has 0 unspecified atom stereocenters. The Morgan fingerprint density at radius 1 is 1.17 bits per heavy atom. The van der Waals surface area contributed by atoms with E-state index < -0.39 is 39.0 Å². The average molecular weight is 390 g/mol. The average Bonchev–Trinajstić information content (AvgIpc) is 2.36. The number of carboxylic acids is 2. The molecule has 130 valence electrons. The maximum atomic E-state index is 10.2. The fraction of sp³-hybridized carbons (Fsp3) is 0.273. The maximum Gasteiger partial charge on any atom is 0.341 e. The molecule has 0 bridgehead atoms. The van der Waals surface area contributed by atoms with Crippen LogP contribution in [0.5, 0.6) is 5.75 Å². The lowest BCUT2D eigenvalue weighted by atomic mass is 10.3. The molecular formula is C11H14Cl2NO8P. The normalized spacial score (nSPS) is 10.4. The molecule has 12 heteroatoms. The van der Waals surface area contributed by atoms with Gasteiger partial charge in [0.25, 0.3) is 0 Å². The molecule has 0 spiro atoms. The lowest BCUT2D eigenvalue weighted by Crippen LogP contribution is -2.23. The first-order valence-corrected chi connectivity index (χ1v) is 8.33. The molecule has 1 aromatic rings. The van der Waals surface area contributed by atoms with E-state index in [9.17, 15) is 14.2 Å². The summed E-state index contributed by atoms with van der Waals surface area (Å²) in [4.78, 5) is 36.3. The Kier molecular flexibility index (Phi) is 9.82. The largest absolute Gasteiger partial charge is 0.480 e. The number of hydrogen-bond acceptors (Lipinski definition) is 5. The number of hydrogen-bond donors (Lipinski definition) is 5. The van der Waals surface area contributed by atoms with Crippen LogP contribution in [-0.4, -0.2) is 51.4 Å². The number of ether oxygens (including phenoxy) is 1. The molecule has 0 amide bonds. The van der Waals surface area contributed by atoms with Gasteiger partial charge in [0.1, 0.15) is 5.75 Å². The smallest absolute Gasteiger partial charge is 0.341 e. The van der Waals surface area contributed by atoms with Gasteiger partial charge in [0.15, 0.2) is 6.61 Å². The third-order valence-corrected chi connectivity index (χ3v) is 3.01. The van der Waals surface area contributed by atoms with Crippen molar-refractivity contribution in [1.29, 1.82) is 0 Å². The highest BCUT2D eigenvalue weighted by atomic mass is 35.5. The van der Waals surface area contributed by atoms with Gasteiger partial charge in [0, 0.05) is 5.02 Å². The predicted octanol–water partition coefficient (Wildman–Crippen LogP) is 1.25. The fourth-order valence-electron chi connectivity index (χ4n) is 1.04. The number of halogens is 2. The summed E-state index contributed by atoms with van der Waals surface area (Å²) >= 11 is 11.3. The molecule has 23 heavy (non-hydrogen) atoms. The highest BCUT2D eigenvalue weighted by Crippen LogP contribution is 2.31. The number of aliphatic carboxylic acids is 2. The van der Waals surface area contributed by atoms with Crippen molar-refractivity contribution in [2.24, 2.45) is 0 Å². The second-order valence-corrected chi connectivity index (χ2v) is 6.39. The van der Waals surface area contributed by atoms with Crippen LogP contribution in [0.2, 0.25) is 10.0 Å². The van der Waals surface area contributed by atoms with Crippen molar-refractivity contribution in [1.82, 2.24) is 5.32 Å². The Morgan fingerprint density at radius 2 is 1.78 bits per heavy atom. The molecule has 0 fully saturated rings. The van der Waals surface area contributed by atoms with Crippen molar-refractivity contribution in [3.05, 3.63) is 28.2 Å². The van der Waals surface area contributed by atoms with E-state index in [-0.39, 0.29) is 0 Å². The monoisotopic (exact) mass is 389 g/mol. The standard InChI is InChI=1S/C8H6Cl2O3.C3H8NO5P/c9-5-1-2-7(6(10)3-5)13-4-8(11)12;5-3(6)1-4-2-10(7,8)9/h1-3H,4H2,(H,11,12);4H,1-2H2,(H,5,6)(H2,7,8,9). The van der Waals surface area contributed by atoms with E-state index in [1.54, 1.807) is 6.07 Å². The molecule has 9 nitrogen and oxygen atoms in total. The number of carboxylic acid groups (broad SMARTS) is 2. The van der Waals surface area contributed by atoms with Crippen molar-refractivity contribution < 1.29 is 38.9 Å². The molecule has 0 aliphatic rings. The van der Waals surface area contributed by atoms with Crippen molar-refractivity contribution in [2.45, 2.75) is 0 Å². The lowest BCUT2D eigenvalue weighted by molar-refractivity contribution is -0.139. The van der Waals surface area contributed by atoms with E-state index in [0.29, 0.717) is 15.8 Å². The summed E-state index contributed by atoms with van der Waals surface area (Å²) in [5.41, 5.74) is 0. The molecule has 1 aromatic carbocycles. The first kappa shape index (κ1) is 21.6. The predicted molar refractivity (Wildman–Crippen MR) is 82.1 cm³/mol. The molecule has 0 aliphatic carbocycles. The van der Waals surface area contributed by atoms with Gasteiger partial charge in [-0.15, -0.1) is 0 Å². The number of benzene rings is 1. The van der Waals surface area contributed by atoms with Crippen LogP contribution in [0.1, 0.15) is 0 Å². The Labute approximate surface area is 140 Å². The van der Waals surface area contributed by atoms with Gasteiger partial charge in [-0.2, -0.15) is 0 Å². The summed E-state index contributed by atoms with van der Waals surface area (Å²) in [6, 6.07) is 4.58. The minimum absolute atomic E-state index is 0.300. The summed E-state index contributed by atoms with van der Waals surface area (Å²) in [6.07, 6.45) is -0.598. The van der Waals surface area contributed by atoms with Gasteiger partial charge < -0.3 is 24.7 Å². The topological polar surface area (TPSA) is 153 Å². The molecule has 0 radical (unpaired) electrons. The van der Waals surface area contributed by atoms with Crippen LogP contribution in [0.4, 0.5) is 0 Å². The van der Waals surface area contributed by atoms with Gasteiger partial charge in [0.05, 0.1) is 17.9 Å². The highest BCUT2D eigenvalue weighted by molar-refractivity contribution is 7.51. The molecular weight excluding hydrogens is 376 g/mol. The van der Waals surface area contributed by atoms with Crippen LogP contribution in [0.15, 0.2) is 18.2 Å². The first-order valence-electron chi connectivity index (χ1n) is 5.78. The zero-order valence-corrected chi connectivity index (χ0v) is 13.9. The second kappa shape index (κ2) is 10.4. The summed E-state index contributed by atoms with van der Waals surface area (Å²) < 4.78 is 14.9. The molecule has 1 rings (SSSR count). The van der Waals surface area contributed by atoms with E-state index in [4.69, 9.17) is 47.9 Å². The third kappa shape index (κ3) is 12.8. The van der Waals surface area contributed by atoms with E-state index in [1.807, 2.05) is 0 Å². The third-order valence-electron chi connectivity index (χ3n) is 1.84. The molecule has 0 atom stereocenters. The molecule has 5 N–H and O–H groups in total. The van der Waals surface area contributed by atoms with Crippen LogP contribution in [0.3, 0.4) is 0 Å². The fourth-order valence-corrected chi connectivity index (χ4v) is 1.91. The van der Waals surface area contributed by atoms with Gasteiger partial charge in [-0.3, -0.25) is 14.7 Å². The summed E-state index contributed by atoms with van der Waals surface area (Å²) in [7, 11) is -4.10. The first-order chi connectivity index (χ1) is 10.5. The number of rotatable bonds is 7. The quantitative estimate of drug-likeness (QED) is 0.433. The van der Waals surface area contributed by atoms with Gasteiger partial charge in [0.2, 0.25) is 0 Å². The molecule has 0 aliphatic heterocycles. The Bertz CT molecular complexity index is 591. The van der Waals surface area contributed by atoms with E-state index in [0.717, 1.165) is 0 Å². The zero-order valence-electron chi connectivity index (χ0n) is 11.5. The van der Waals surface area contributed by atoms with E-state index >= 15 is 0 Å². The Morgan fingerprint density at radius 3 is 2.22 bits per heavy atom. The molecule has 0 aromatic heterocycles.